The molecule has 0 aliphatic carbocycles. The zero-order chi connectivity index (χ0) is 14.5. The number of benzene rings is 1. The van der Waals surface area contributed by atoms with Gasteiger partial charge in [-0.25, -0.2) is 4.98 Å². The summed E-state index contributed by atoms with van der Waals surface area (Å²) >= 11 is 4.91. The highest BCUT2D eigenvalue weighted by atomic mass is 32.1. The largest absolute Gasteiger partial charge is 0.494 e. The molecule has 0 aliphatic rings. The standard InChI is InChI=1S/C15H19N3OS/c1-11-12(2)18(10-17-11)8-3-9-19-14-6-4-13(5-7-14)15(16)20/h4-7,10H,3,8-9H2,1-2H3,(H2,16,20). The number of hydrogen-bond acceptors (Lipinski definition) is 3. The first-order valence-electron chi connectivity index (χ1n) is 6.59. The van der Waals surface area contributed by atoms with Gasteiger partial charge in [0.1, 0.15) is 10.7 Å². The van der Waals surface area contributed by atoms with E-state index in [1.54, 1.807) is 0 Å². The lowest BCUT2D eigenvalue weighted by molar-refractivity contribution is 0.301. The lowest BCUT2D eigenvalue weighted by Crippen LogP contribution is -2.09. The van der Waals surface area contributed by atoms with Gasteiger partial charge in [0.25, 0.3) is 0 Å². The van der Waals surface area contributed by atoms with Crippen LogP contribution in [0.4, 0.5) is 0 Å². The van der Waals surface area contributed by atoms with E-state index in [0.717, 1.165) is 30.0 Å². The molecule has 2 aromatic rings. The molecular formula is C15H19N3OS. The Labute approximate surface area is 124 Å². The maximum Gasteiger partial charge on any atom is 0.119 e. The first kappa shape index (κ1) is 14.5. The Hall–Kier alpha value is -1.88. The number of aryl methyl sites for hydroxylation is 2. The number of aromatic nitrogens is 2. The number of thiocarbonyl (C=S) groups is 1. The topological polar surface area (TPSA) is 53.1 Å². The van der Waals surface area contributed by atoms with E-state index in [-0.39, 0.29) is 0 Å². The van der Waals surface area contributed by atoms with Gasteiger partial charge >= 0.3 is 0 Å². The molecule has 0 saturated heterocycles. The molecule has 0 aliphatic heterocycles. The van der Waals surface area contributed by atoms with Crippen LogP contribution in [0.1, 0.15) is 23.4 Å². The third kappa shape index (κ3) is 3.57. The van der Waals surface area contributed by atoms with Crippen molar-refractivity contribution in [2.24, 2.45) is 5.73 Å². The van der Waals surface area contributed by atoms with Crippen LogP contribution in [0.5, 0.6) is 5.75 Å². The second-order valence-electron chi connectivity index (χ2n) is 4.70. The summed E-state index contributed by atoms with van der Waals surface area (Å²) in [6.07, 6.45) is 2.81. The van der Waals surface area contributed by atoms with E-state index in [2.05, 4.69) is 16.5 Å². The molecule has 20 heavy (non-hydrogen) atoms. The van der Waals surface area contributed by atoms with Crippen LogP contribution in [-0.2, 0) is 6.54 Å². The molecule has 1 heterocycles. The van der Waals surface area contributed by atoms with Gasteiger partial charge in [-0.2, -0.15) is 0 Å². The van der Waals surface area contributed by atoms with E-state index in [9.17, 15) is 0 Å². The van der Waals surface area contributed by atoms with Crippen LogP contribution in [0.15, 0.2) is 30.6 Å². The van der Waals surface area contributed by atoms with Gasteiger partial charge in [-0.15, -0.1) is 0 Å². The molecule has 0 spiro atoms. The summed E-state index contributed by atoms with van der Waals surface area (Å²) < 4.78 is 7.84. The van der Waals surface area contributed by atoms with Crippen LogP contribution in [0, 0.1) is 13.8 Å². The van der Waals surface area contributed by atoms with Crippen LogP contribution in [-0.4, -0.2) is 21.1 Å². The summed E-state index contributed by atoms with van der Waals surface area (Å²) in [5, 5.41) is 0. The molecule has 0 amide bonds. The van der Waals surface area contributed by atoms with Gasteiger partial charge in [-0.3, -0.25) is 0 Å². The molecule has 0 saturated carbocycles. The van der Waals surface area contributed by atoms with E-state index in [4.69, 9.17) is 22.7 Å². The monoisotopic (exact) mass is 289 g/mol. The minimum absolute atomic E-state index is 0.405. The molecule has 2 rings (SSSR count). The molecule has 0 radical (unpaired) electrons. The van der Waals surface area contributed by atoms with E-state index in [0.29, 0.717) is 11.6 Å². The number of hydrogen-bond donors (Lipinski definition) is 1. The molecule has 0 atom stereocenters. The van der Waals surface area contributed by atoms with E-state index < -0.39 is 0 Å². The summed E-state index contributed by atoms with van der Waals surface area (Å²) in [6.45, 7) is 5.68. The van der Waals surface area contributed by atoms with Crippen LogP contribution >= 0.6 is 12.2 Å². The number of ether oxygens (including phenoxy) is 1. The zero-order valence-corrected chi connectivity index (χ0v) is 12.6. The fraction of sp³-hybridized carbons (Fsp3) is 0.333. The Morgan fingerprint density at radius 2 is 2.00 bits per heavy atom. The predicted molar refractivity (Wildman–Crippen MR) is 84.1 cm³/mol. The molecule has 2 N–H and O–H groups in total. The molecule has 0 unspecified atom stereocenters. The lowest BCUT2D eigenvalue weighted by Gasteiger charge is -2.08. The predicted octanol–water partition coefficient (Wildman–Crippen LogP) is 2.60. The van der Waals surface area contributed by atoms with Crippen molar-refractivity contribution < 1.29 is 4.74 Å². The summed E-state index contributed by atoms with van der Waals surface area (Å²) in [7, 11) is 0. The summed E-state index contributed by atoms with van der Waals surface area (Å²) in [5.74, 6) is 0.837. The average molecular weight is 289 g/mol. The van der Waals surface area contributed by atoms with Gasteiger partial charge in [0, 0.05) is 17.8 Å². The Morgan fingerprint density at radius 3 is 2.55 bits per heavy atom. The Morgan fingerprint density at radius 1 is 1.30 bits per heavy atom. The second kappa shape index (κ2) is 6.52. The number of imidazole rings is 1. The van der Waals surface area contributed by atoms with Crippen molar-refractivity contribution in [2.45, 2.75) is 26.8 Å². The zero-order valence-electron chi connectivity index (χ0n) is 11.8. The number of rotatable bonds is 6. The number of nitrogens with two attached hydrogens (primary N) is 1. The fourth-order valence-corrected chi connectivity index (χ4v) is 2.05. The van der Waals surface area contributed by atoms with Crippen LogP contribution in [0.25, 0.3) is 0 Å². The molecule has 106 valence electrons. The van der Waals surface area contributed by atoms with Gasteiger partial charge in [0.05, 0.1) is 18.6 Å². The van der Waals surface area contributed by atoms with E-state index in [1.807, 2.05) is 37.5 Å². The minimum Gasteiger partial charge on any atom is -0.494 e. The SMILES string of the molecule is Cc1ncn(CCCOc2ccc(C(N)=S)cc2)c1C. The summed E-state index contributed by atoms with van der Waals surface area (Å²) in [6, 6.07) is 7.53. The number of nitrogens with zero attached hydrogens (tertiary/aromatic N) is 2. The van der Waals surface area contributed by atoms with Crippen molar-refractivity contribution in [1.82, 2.24) is 9.55 Å². The maximum absolute atomic E-state index is 5.69. The van der Waals surface area contributed by atoms with Crippen molar-refractivity contribution in [3.8, 4) is 5.75 Å². The Kier molecular flexibility index (Phi) is 4.74. The molecule has 0 fully saturated rings. The first-order chi connectivity index (χ1) is 9.58. The smallest absolute Gasteiger partial charge is 0.119 e. The highest BCUT2D eigenvalue weighted by molar-refractivity contribution is 7.80. The molecule has 5 heteroatoms. The van der Waals surface area contributed by atoms with Gasteiger partial charge in [0.2, 0.25) is 0 Å². The van der Waals surface area contributed by atoms with Crippen molar-refractivity contribution >= 4 is 17.2 Å². The molecule has 1 aromatic carbocycles. The molecule has 4 nitrogen and oxygen atoms in total. The van der Waals surface area contributed by atoms with Crippen molar-refractivity contribution in [3.63, 3.8) is 0 Å². The minimum atomic E-state index is 0.405. The van der Waals surface area contributed by atoms with Gasteiger partial charge in [-0.05, 0) is 44.5 Å². The highest BCUT2D eigenvalue weighted by Crippen LogP contribution is 2.13. The lowest BCUT2D eigenvalue weighted by atomic mass is 10.2. The average Bonchev–Trinajstić information content (AvgIpc) is 2.76. The van der Waals surface area contributed by atoms with E-state index >= 15 is 0 Å². The first-order valence-corrected chi connectivity index (χ1v) is 7.00. The Bertz CT molecular complexity index is 590. The highest BCUT2D eigenvalue weighted by Gasteiger charge is 2.02. The van der Waals surface area contributed by atoms with Crippen LogP contribution in [0.2, 0.25) is 0 Å². The van der Waals surface area contributed by atoms with Crippen molar-refractivity contribution in [3.05, 3.63) is 47.5 Å². The normalized spacial score (nSPS) is 10.5. The van der Waals surface area contributed by atoms with Crippen molar-refractivity contribution in [1.29, 1.82) is 0 Å². The molecule has 1 aromatic heterocycles. The van der Waals surface area contributed by atoms with Crippen molar-refractivity contribution in [2.75, 3.05) is 6.61 Å². The van der Waals surface area contributed by atoms with Crippen LogP contribution in [0.3, 0.4) is 0 Å². The third-order valence-corrected chi connectivity index (χ3v) is 3.53. The van der Waals surface area contributed by atoms with Crippen LogP contribution < -0.4 is 10.5 Å². The second-order valence-corrected chi connectivity index (χ2v) is 5.14. The Balaban J connectivity index is 1.78. The maximum atomic E-state index is 5.69. The van der Waals surface area contributed by atoms with Gasteiger partial charge in [0.15, 0.2) is 0 Å². The molecule has 0 bridgehead atoms. The van der Waals surface area contributed by atoms with E-state index in [1.165, 1.54) is 5.69 Å². The fourth-order valence-electron chi connectivity index (χ4n) is 1.91. The third-order valence-electron chi connectivity index (χ3n) is 3.30. The summed E-state index contributed by atoms with van der Waals surface area (Å²) in [5.41, 5.74) is 8.70. The molecular weight excluding hydrogens is 270 g/mol. The quantitative estimate of drug-likeness (QED) is 0.656. The summed E-state index contributed by atoms with van der Waals surface area (Å²) in [4.78, 5) is 4.68. The van der Waals surface area contributed by atoms with Gasteiger partial charge < -0.3 is 15.0 Å². The van der Waals surface area contributed by atoms with Gasteiger partial charge in [-0.1, -0.05) is 12.2 Å².